The Morgan fingerprint density at radius 3 is 2.45 bits per heavy atom. The third-order valence-electron chi connectivity index (χ3n) is 4.31. The quantitative estimate of drug-likeness (QED) is 0.862. The van der Waals surface area contributed by atoms with Gasteiger partial charge in [0.25, 0.3) is 0 Å². The lowest BCUT2D eigenvalue weighted by Crippen LogP contribution is -3.00. The van der Waals surface area contributed by atoms with E-state index in [-0.39, 0.29) is 12.4 Å². The molecule has 0 bridgehead atoms. The van der Waals surface area contributed by atoms with Gasteiger partial charge in [0.05, 0.1) is 24.2 Å². The van der Waals surface area contributed by atoms with Crippen molar-refractivity contribution in [1.82, 2.24) is 0 Å². The fourth-order valence-corrected chi connectivity index (χ4v) is 3.49. The molecule has 3 rings (SSSR count). The predicted octanol–water partition coefficient (Wildman–Crippen LogP) is 0.776. The minimum absolute atomic E-state index is 0. The first kappa shape index (κ1) is 17.4. The van der Waals surface area contributed by atoms with Gasteiger partial charge >= 0.3 is 0 Å². The average Bonchev–Trinajstić information content (AvgIpc) is 2.87. The zero-order chi connectivity index (χ0) is 15.0. The summed E-state index contributed by atoms with van der Waals surface area (Å²) in [6.45, 7) is 0. The average molecular weight is 359 g/mol. The lowest BCUT2D eigenvalue weighted by molar-refractivity contribution is -0.669. The van der Waals surface area contributed by atoms with E-state index in [9.17, 15) is 0 Å². The van der Waals surface area contributed by atoms with Crippen LogP contribution in [0.25, 0.3) is 0 Å². The molecule has 0 spiro atoms. The molecule has 0 aromatic heterocycles. The normalized spacial score (nSPS) is 19.5. The summed E-state index contributed by atoms with van der Waals surface area (Å²) in [6.07, 6.45) is 1.07. The monoisotopic (exact) mass is 357 g/mol. The van der Waals surface area contributed by atoms with Crippen LogP contribution < -0.4 is 22.5 Å². The second-order valence-electron chi connectivity index (χ2n) is 5.40. The summed E-state index contributed by atoms with van der Waals surface area (Å²) in [7, 11) is 3.82. The molecule has 0 amide bonds. The summed E-state index contributed by atoms with van der Waals surface area (Å²) in [5, 5.41) is 3.48. The van der Waals surface area contributed by atoms with Crippen LogP contribution in [0.3, 0.4) is 0 Å². The summed E-state index contributed by atoms with van der Waals surface area (Å²) in [5.74, 6) is 1.24. The SMILES string of the molecule is C[NH2+][C@@H]1C[C@@H](c2ccc(Cl)c(Cl)c2)c2cc(OC)ccc21.[Cl-]. The van der Waals surface area contributed by atoms with Crippen molar-refractivity contribution in [3.63, 3.8) is 0 Å². The van der Waals surface area contributed by atoms with Crippen molar-refractivity contribution in [1.29, 1.82) is 0 Å². The number of quaternary nitrogens is 1. The van der Waals surface area contributed by atoms with Gasteiger partial charge in [-0.05, 0) is 41.5 Å². The fraction of sp³-hybridized carbons (Fsp3) is 0.294. The van der Waals surface area contributed by atoms with Crippen LogP contribution in [0, 0.1) is 0 Å². The van der Waals surface area contributed by atoms with E-state index in [1.807, 2.05) is 18.2 Å². The molecule has 2 aromatic carbocycles. The molecule has 2 nitrogen and oxygen atoms in total. The first-order valence-electron chi connectivity index (χ1n) is 7.06. The van der Waals surface area contributed by atoms with E-state index in [1.165, 1.54) is 16.7 Å². The second-order valence-corrected chi connectivity index (χ2v) is 6.21. The van der Waals surface area contributed by atoms with Gasteiger partial charge in [0.1, 0.15) is 11.8 Å². The summed E-state index contributed by atoms with van der Waals surface area (Å²) < 4.78 is 5.38. The van der Waals surface area contributed by atoms with Gasteiger partial charge < -0.3 is 22.5 Å². The Kier molecular flexibility index (Phi) is 5.62. The number of hydrogen-bond donors (Lipinski definition) is 1. The maximum atomic E-state index is 6.18. The molecule has 118 valence electrons. The molecule has 2 atom stereocenters. The molecule has 0 fully saturated rings. The fourth-order valence-electron chi connectivity index (χ4n) is 3.19. The summed E-state index contributed by atoms with van der Waals surface area (Å²) in [5.41, 5.74) is 3.92. The Morgan fingerprint density at radius 1 is 1.05 bits per heavy atom. The van der Waals surface area contributed by atoms with Crippen LogP contribution in [0.2, 0.25) is 10.0 Å². The minimum Gasteiger partial charge on any atom is -1.00 e. The van der Waals surface area contributed by atoms with Crippen LogP contribution in [0.5, 0.6) is 5.75 Å². The highest BCUT2D eigenvalue weighted by Gasteiger charge is 2.34. The van der Waals surface area contributed by atoms with Gasteiger partial charge in [-0.2, -0.15) is 0 Å². The molecule has 22 heavy (non-hydrogen) atoms. The highest BCUT2D eigenvalue weighted by atomic mass is 35.5. The van der Waals surface area contributed by atoms with E-state index in [0.717, 1.165) is 12.2 Å². The lowest BCUT2D eigenvalue weighted by atomic mass is 9.93. The topological polar surface area (TPSA) is 25.8 Å². The van der Waals surface area contributed by atoms with E-state index in [2.05, 4.69) is 30.6 Å². The number of ether oxygens (including phenoxy) is 1. The van der Waals surface area contributed by atoms with Crippen LogP contribution in [0.4, 0.5) is 0 Å². The van der Waals surface area contributed by atoms with Gasteiger partial charge in [-0.3, -0.25) is 0 Å². The van der Waals surface area contributed by atoms with Crippen molar-refractivity contribution in [2.75, 3.05) is 14.2 Å². The van der Waals surface area contributed by atoms with Crippen LogP contribution in [0.15, 0.2) is 36.4 Å². The Morgan fingerprint density at radius 2 is 1.82 bits per heavy atom. The van der Waals surface area contributed by atoms with Gasteiger partial charge in [0, 0.05) is 17.9 Å². The number of benzene rings is 2. The lowest BCUT2D eigenvalue weighted by Gasteiger charge is -2.13. The summed E-state index contributed by atoms with van der Waals surface area (Å²) >= 11 is 12.2. The second kappa shape index (κ2) is 7.10. The van der Waals surface area contributed by atoms with Crippen LogP contribution in [0.1, 0.15) is 35.1 Å². The minimum atomic E-state index is 0. The molecule has 0 heterocycles. The third-order valence-corrected chi connectivity index (χ3v) is 5.05. The third kappa shape index (κ3) is 3.07. The Balaban J connectivity index is 0.00000176. The zero-order valence-electron chi connectivity index (χ0n) is 12.4. The van der Waals surface area contributed by atoms with Crippen molar-refractivity contribution >= 4 is 23.2 Å². The molecule has 1 aliphatic carbocycles. The van der Waals surface area contributed by atoms with Gasteiger partial charge in [-0.25, -0.2) is 0 Å². The van der Waals surface area contributed by atoms with Crippen LogP contribution >= 0.6 is 23.2 Å². The smallest absolute Gasteiger partial charge is 0.119 e. The molecule has 0 aliphatic heterocycles. The van der Waals surface area contributed by atoms with Crippen LogP contribution in [-0.2, 0) is 0 Å². The van der Waals surface area contributed by atoms with Gasteiger partial charge in [-0.1, -0.05) is 29.3 Å². The van der Waals surface area contributed by atoms with E-state index >= 15 is 0 Å². The maximum Gasteiger partial charge on any atom is 0.119 e. The molecule has 1 aliphatic rings. The molecule has 0 unspecified atom stereocenters. The molecule has 2 N–H and O–H groups in total. The zero-order valence-corrected chi connectivity index (χ0v) is 14.7. The first-order valence-corrected chi connectivity index (χ1v) is 7.82. The molecule has 0 saturated heterocycles. The van der Waals surface area contributed by atoms with Gasteiger partial charge in [0.2, 0.25) is 0 Å². The van der Waals surface area contributed by atoms with Gasteiger partial charge in [0.15, 0.2) is 0 Å². The first-order chi connectivity index (χ1) is 10.1. The number of nitrogens with two attached hydrogens (primary N) is 1. The van der Waals surface area contributed by atoms with Crippen molar-refractivity contribution < 1.29 is 22.5 Å². The van der Waals surface area contributed by atoms with Crippen molar-refractivity contribution in [2.24, 2.45) is 0 Å². The number of fused-ring (bicyclic) bond motifs is 1. The van der Waals surface area contributed by atoms with Crippen molar-refractivity contribution in [3.8, 4) is 5.75 Å². The molecular weight excluding hydrogens is 341 g/mol. The van der Waals surface area contributed by atoms with E-state index < -0.39 is 0 Å². The largest absolute Gasteiger partial charge is 1.00 e. The number of methoxy groups -OCH3 is 1. The molecular formula is C17H18Cl3NO. The molecule has 2 aromatic rings. The Bertz CT molecular complexity index is 675. The molecule has 0 saturated carbocycles. The molecule has 0 radical (unpaired) electrons. The van der Waals surface area contributed by atoms with E-state index in [4.69, 9.17) is 27.9 Å². The standard InChI is InChI=1S/C17H17Cl2NO.ClH/c1-20-17-9-13(10-3-6-15(18)16(19)7-10)14-8-11(21-2)4-5-12(14)17;/h3-8,13,17,20H,9H2,1-2H3;1H/t13-,17+;/m0./s1. The van der Waals surface area contributed by atoms with Gasteiger partial charge in [-0.15, -0.1) is 0 Å². The number of hydrogen-bond acceptors (Lipinski definition) is 1. The van der Waals surface area contributed by atoms with Crippen molar-refractivity contribution in [3.05, 3.63) is 63.1 Å². The molecule has 5 heteroatoms. The highest BCUT2D eigenvalue weighted by Crippen LogP contribution is 2.44. The van der Waals surface area contributed by atoms with Crippen LogP contribution in [-0.4, -0.2) is 14.2 Å². The summed E-state index contributed by atoms with van der Waals surface area (Å²) in [6, 6.07) is 12.8. The number of halogens is 3. The number of rotatable bonds is 3. The summed E-state index contributed by atoms with van der Waals surface area (Å²) in [4.78, 5) is 0. The van der Waals surface area contributed by atoms with E-state index in [0.29, 0.717) is 22.0 Å². The maximum absolute atomic E-state index is 6.18. The van der Waals surface area contributed by atoms with E-state index in [1.54, 1.807) is 7.11 Å². The van der Waals surface area contributed by atoms with Crippen molar-refractivity contribution in [2.45, 2.75) is 18.4 Å². The highest BCUT2D eigenvalue weighted by molar-refractivity contribution is 6.42. The predicted molar refractivity (Wildman–Crippen MR) is 86.5 cm³/mol. The Labute approximate surface area is 147 Å². The Hall–Kier alpha value is -0.930.